The average Bonchev–Trinajstić information content (AvgIpc) is 2.94. The summed E-state index contributed by atoms with van der Waals surface area (Å²) in [7, 11) is 1.71. The van der Waals surface area contributed by atoms with Crippen LogP contribution < -0.4 is 10.8 Å². The number of aromatic nitrogens is 1. The second kappa shape index (κ2) is 5.47. The van der Waals surface area contributed by atoms with Crippen molar-refractivity contribution in [2.75, 3.05) is 5.32 Å². The number of hydrogen-bond donors (Lipinski definition) is 1. The van der Waals surface area contributed by atoms with Gasteiger partial charge in [0.2, 0.25) is 0 Å². The van der Waals surface area contributed by atoms with Crippen LogP contribution in [0.15, 0.2) is 36.7 Å². The smallest absolute Gasteiger partial charge is 0.330 e. The number of carbonyl (C=O) groups excluding carboxylic acids is 1. The van der Waals surface area contributed by atoms with E-state index in [4.69, 9.17) is 4.65 Å². The van der Waals surface area contributed by atoms with Crippen molar-refractivity contribution in [3.05, 3.63) is 53.3 Å². The van der Waals surface area contributed by atoms with Gasteiger partial charge in [-0.05, 0) is 41.2 Å². The van der Waals surface area contributed by atoms with Crippen molar-refractivity contribution in [1.82, 2.24) is 4.98 Å². The molecule has 0 atom stereocenters. The van der Waals surface area contributed by atoms with E-state index in [1.807, 2.05) is 31.2 Å². The van der Waals surface area contributed by atoms with Crippen LogP contribution in [0.5, 0.6) is 0 Å². The minimum atomic E-state index is -0.131. The van der Waals surface area contributed by atoms with Gasteiger partial charge in [-0.25, -0.2) is 0 Å². The molecule has 0 saturated heterocycles. The summed E-state index contributed by atoms with van der Waals surface area (Å²) in [4.78, 5) is 16.3. The van der Waals surface area contributed by atoms with Crippen LogP contribution in [0.2, 0.25) is 0 Å². The molecule has 1 aromatic carbocycles. The summed E-state index contributed by atoms with van der Waals surface area (Å²) in [5.41, 5.74) is 4.54. The van der Waals surface area contributed by atoms with E-state index in [-0.39, 0.29) is 5.91 Å². The molecule has 1 aromatic heterocycles. The first-order valence-electron chi connectivity index (χ1n) is 6.60. The number of rotatable bonds is 3. The SMILES string of the molecule is CCc1ccncc1C(=O)Nc1ccc2c(c1)[B]OC2. The van der Waals surface area contributed by atoms with Gasteiger partial charge >= 0.3 is 7.48 Å². The molecule has 0 saturated carbocycles. The Morgan fingerprint density at radius 2 is 2.35 bits per heavy atom. The summed E-state index contributed by atoms with van der Waals surface area (Å²) in [6.07, 6.45) is 4.12. The number of anilines is 1. The Kier molecular flexibility index (Phi) is 3.52. The second-order valence-electron chi connectivity index (χ2n) is 4.68. The molecule has 1 amide bonds. The predicted molar refractivity (Wildman–Crippen MR) is 78.2 cm³/mol. The van der Waals surface area contributed by atoms with Gasteiger partial charge in [0.1, 0.15) is 0 Å². The third-order valence-electron chi connectivity index (χ3n) is 3.39. The molecule has 1 radical (unpaired) electrons. The highest BCUT2D eigenvalue weighted by molar-refractivity contribution is 6.49. The third kappa shape index (κ3) is 2.45. The zero-order valence-electron chi connectivity index (χ0n) is 11.2. The van der Waals surface area contributed by atoms with E-state index in [0.717, 1.165) is 28.7 Å². The molecular formula is C15H14BN2O2. The maximum atomic E-state index is 12.3. The number of fused-ring (bicyclic) bond motifs is 1. The van der Waals surface area contributed by atoms with Crippen molar-refractivity contribution in [2.24, 2.45) is 0 Å². The largest absolute Gasteiger partial charge is 0.430 e. The number of benzene rings is 1. The minimum absolute atomic E-state index is 0.131. The summed E-state index contributed by atoms with van der Waals surface area (Å²) < 4.78 is 5.25. The van der Waals surface area contributed by atoms with Crippen molar-refractivity contribution in [3.63, 3.8) is 0 Å². The normalized spacial score (nSPS) is 12.7. The quantitative estimate of drug-likeness (QED) is 0.859. The summed E-state index contributed by atoms with van der Waals surface area (Å²) in [5.74, 6) is -0.131. The first-order chi connectivity index (χ1) is 9.78. The van der Waals surface area contributed by atoms with Crippen molar-refractivity contribution >= 4 is 24.5 Å². The van der Waals surface area contributed by atoms with E-state index in [9.17, 15) is 4.79 Å². The van der Waals surface area contributed by atoms with E-state index in [1.54, 1.807) is 19.9 Å². The van der Waals surface area contributed by atoms with Crippen LogP contribution in [0.25, 0.3) is 0 Å². The first-order valence-corrected chi connectivity index (χ1v) is 6.60. The average molecular weight is 265 g/mol. The van der Waals surface area contributed by atoms with Gasteiger partial charge < -0.3 is 9.97 Å². The lowest BCUT2D eigenvalue weighted by Crippen LogP contribution is -2.17. The number of hydrogen-bond acceptors (Lipinski definition) is 3. The Balaban J connectivity index is 1.82. The Labute approximate surface area is 118 Å². The molecule has 0 unspecified atom stereocenters. The zero-order chi connectivity index (χ0) is 13.9. The fourth-order valence-corrected chi connectivity index (χ4v) is 2.27. The monoisotopic (exact) mass is 265 g/mol. The standard InChI is InChI=1S/C15H14BN2O2/c1-2-10-5-6-17-8-13(10)15(19)18-12-4-3-11-9-20-16-14(11)7-12/h3-8H,2,9H2,1H3,(H,18,19). The topological polar surface area (TPSA) is 51.2 Å². The van der Waals surface area contributed by atoms with Crippen molar-refractivity contribution in [2.45, 2.75) is 20.0 Å². The molecule has 1 N–H and O–H groups in total. The number of amides is 1. The molecule has 0 spiro atoms. The van der Waals surface area contributed by atoms with E-state index >= 15 is 0 Å². The number of nitrogens with one attached hydrogen (secondary N) is 1. The van der Waals surface area contributed by atoms with Crippen LogP contribution in [0, 0.1) is 0 Å². The number of carbonyl (C=O) groups is 1. The van der Waals surface area contributed by atoms with E-state index in [1.165, 1.54) is 0 Å². The van der Waals surface area contributed by atoms with E-state index < -0.39 is 0 Å². The molecule has 99 valence electrons. The fourth-order valence-electron chi connectivity index (χ4n) is 2.27. The molecule has 0 fully saturated rings. The highest BCUT2D eigenvalue weighted by Crippen LogP contribution is 2.15. The summed E-state index contributed by atoms with van der Waals surface area (Å²) in [6, 6.07) is 7.65. The Hall–Kier alpha value is -2.14. The molecule has 3 rings (SSSR count). The summed E-state index contributed by atoms with van der Waals surface area (Å²) >= 11 is 0. The Morgan fingerprint density at radius 3 is 3.20 bits per heavy atom. The number of pyridine rings is 1. The van der Waals surface area contributed by atoms with Gasteiger partial charge in [-0.1, -0.05) is 13.0 Å². The molecular weight excluding hydrogens is 251 g/mol. The molecule has 0 aliphatic carbocycles. The van der Waals surface area contributed by atoms with Crippen molar-refractivity contribution < 1.29 is 9.45 Å². The van der Waals surface area contributed by atoms with E-state index in [2.05, 4.69) is 10.3 Å². The molecule has 4 nitrogen and oxygen atoms in total. The molecule has 0 bridgehead atoms. The van der Waals surface area contributed by atoms with Crippen LogP contribution in [-0.4, -0.2) is 18.4 Å². The summed E-state index contributed by atoms with van der Waals surface area (Å²) in [6.45, 7) is 2.62. The zero-order valence-corrected chi connectivity index (χ0v) is 11.2. The highest BCUT2D eigenvalue weighted by Gasteiger charge is 2.15. The first kappa shape index (κ1) is 12.9. The maximum absolute atomic E-state index is 12.3. The fraction of sp³-hybridized carbons (Fsp3) is 0.200. The van der Waals surface area contributed by atoms with Gasteiger partial charge in [0.25, 0.3) is 5.91 Å². The molecule has 1 aliphatic rings. The van der Waals surface area contributed by atoms with Crippen LogP contribution in [-0.2, 0) is 17.7 Å². The van der Waals surface area contributed by atoms with Crippen molar-refractivity contribution in [3.8, 4) is 0 Å². The van der Waals surface area contributed by atoms with Crippen LogP contribution >= 0.6 is 0 Å². The Bertz CT molecular complexity index is 658. The van der Waals surface area contributed by atoms with Gasteiger partial charge in [0.15, 0.2) is 0 Å². The number of nitrogens with zero attached hydrogens (tertiary/aromatic N) is 1. The van der Waals surface area contributed by atoms with Gasteiger partial charge in [-0.2, -0.15) is 0 Å². The molecule has 2 aromatic rings. The van der Waals surface area contributed by atoms with Gasteiger partial charge in [0, 0.05) is 18.1 Å². The Morgan fingerprint density at radius 1 is 1.45 bits per heavy atom. The predicted octanol–water partition coefficient (Wildman–Crippen LogP) is 1.67. The lowest BCUT2D eigenvalue weighted by Gasteiger charge is -2.09. The highest BCUT2D eigenvalue weighted by atomic mass is 16.4. The lowest BCUT2D eigenvalue weighted by atomic mass is 9.87. The van der Waals surface area contributed by atoms with Gasteiger partial charge in [-0.15, -0.1) is 0 Å². The molecule has 5 heteroatoms. The number of aryl methyl sites for hydroxylation is 1. The second-order valence-corrected chi connectivity index (χ2v) is 4.68. The summed E-state index contributed by atoms with van der Waals surface area (Å²) in [5, 5.41) is 2.91. The van der Waals surface area contributed by atoms with Gasteiger partial charge in [0.05, 0.1) is 12.2 Å². The molecule has 2 heterocycles. The minimum Gasteiger partial charge on any atom is -0.430 e. The van der Waals surface area contributed by atoms with Crippen molar-refractivity contribution in [1.29, 1.82) is 0 Å². The third-order valence-corrected chi connectivity index (χ3v) is 3.39. The van der Waals surface area contributed by atoms with E-state index in [0.29, 0.717) is 12.2 Å². The van der Waals surface area contributed by atoms with Crippen LogP contribution in [0.4, 0.5) is 5.69 Å². The van der Waals surface area contributed by atoms with Crippen LogP contribution in [0.1, 0.15) is 28.4 Å². The molecule has 1 aliphatic heterocycles. The lowest BCUT2D eigenvalue weighted by molar-refractivity contribution is 0.102. The van der Waals surface area contributed by atoms with Crippen LogP contribution in [0.3, 0.4) is 0 Å². The molecule has 20 heavy (non-hydrogen) atoms. The maximum Gasteiger partial charge on any atom is 0.330 e. The van der Waals surface area contributed by atoms with Gasteiger partial charge in [-0.3, -0.25) is 9.78 Å².